The van der Waals surface area contributed by atoms with Crippen LogP contribution >= 0.6 is 11.8 Å². The Morgan fingerprint density at radius 2 is 1.93 bits per heavy atom. The highest BCUT2D eigenvalue weighted by molar-refractivity contribution is 7.99. The average Bonchev–Trinajstić information content (AvgIpc) is 2.14. The van der Waals surface area contributed by atoms with Crippen molar-refractivity contribution in [2.24, 2.45) is 5.92 Å². The highest BCUT2D eigenvalue weighted by Crippen LogP contribution is 2.24. The van der Waals surface area contributed by atoms with Gasteiger partial charge in [0.2, 0.25) is 0 Å². The van der Waals surface area contributed by atoms with E-state index in [0.29, 0.717) is 5.92 Å². The topological polar surface area (TPSA) is 25.8 Å². The lowest BCUT2D eigenvalue weighted by Gasteiger charge is -2.17. The fourth-order valence-electron chi connectivity index (χ4n) is 1.08. The molecule has 0 aliphatic rings. The van der Waals surface area contributed by atoms with Gasteiger partial charge in [0.05, 0.1) is 10.7 Å². The van der Waals surface area contributed by atoms with E-state index < -0.39 is 0 Å². The highest BCUT2D eigenvalue weighted by atomic mass is 32.2. The Morgan fingerprint density at radius 3 is 2.47 bits per heavy atom. The van der Waals surface area contributed by atoms with Gasteiger partial charge in [0.1, 0.15) is 6.33 Å². The molecule has 0 spiro atoms. The first-order chi connectivity index (χ1) is 6.89. The molecule has 0 saturated heterocycles. The second-order valence-corrected chi connectivity index (χ2v) is 6.24. The molecule has 1 heterocycles. The van der Waals surface area contributed by atoms with E-state index in [1.807, 2.05) is 11.8 Å². The lowest BCUT2D eigenvalue weighted by Crippen LogP contribution is -2.13. The highest BCUT2D eigenvalue weighted by Gasteiger charge is 2.15. The van der Waals surface area contributed by atoms with Crippen molar-refractivity contribution in [3.8, 4) is 0 Å². The first-order valence-corrected chi connectivity index (χ1v) is 6.33. The molecule has 0 N–H and O–H groups in total. The van der Waals surface area contributed by atoms with Gasteiger partial charge in [-0.05, 0) is 12.0 Å². The Hall–Kier alpha value is -0.570. The van der Waals surface area contributed by atoms with Crippen molar-refractivity contribution in [2.75, 3.05) is 5.75 Å². The molecular formula is C12H20N2S. The SMILES string of the molecule is CC(C)CSc1cc(C(C)(C)C)ncn1. The zero-order valence-electron chi connectivity index (χ0n) is 10.2. The van der Waals surface area contributed by atoms with Crippen LogP contribution in [-0.4, -0.2) is 15.7 Å². The molecule has 15 heavy (non-hydrogen) atoms. The summed E-state index contributed by atoms with van der Waals surface area (Å²) in [7, 11) is 0. The number of nitrogens with zero attached hydrogens (tertiary/aromatic N) is 2. The summed E-state index contributed by atoms with van der Waals surface area (Å²) in [6.45, 7) is 11.0. The lowest BCUT2D eigenvalue weighted by molar-refractivity contribution is 0.563. The van der Waals surface area contributed by atoms with Crippen LogP contribution < -0.4 is 0 Å². The molecule has 0 aromatic carbocycles. The minimum atomic E-state index is 0.107. The quantitative estimate of drug-likeness (QED) is 0.580. The van der Waals surface area contributed by atoms with Gasteiger partial charge in [-0.3, -0.25) is 0 Å². The molecule has 0 aliphatic carbocycles. The number of thioether (sulfide) groups is 1. The molecule has 2 nitrogen and oxygen atoms in total. The van der Waals surface area contributed by atoms with E-state index in [4.69, 9.17) is 0 Å². The molecule has 3 heteroatoms. The standard InChI is InChI=1S/C12H20N2S/c1-9(2)7-15-11-6-10(12(3,4)5)13-8-14-11/h6,8-9H,7H2,1-5H3. The third-order valence-corrected chi connectivity index (χ3v) is 3.33. The molecule has 0 amide bonds. The largest absolute Gasteiger partial charge is 0.241 e. The van der Waals surface area contributed by atoms with Crippen molar-refractivity contribution in [3.63, 3.8) is 0 Å². The van der Waals surface area contributed by atoms with Gasteiger partial charge in [0.15, 0.2) is 0 Å². The lowest BCUT2D eigenvalue weighted by atomic mass is 9.92. The van der Waals surface area contributed by atoms with Gasteiger partial charge in [0.25, 0.3) is 0 Å². The Labute approximate surface area is 96.9 Å². The Balaban J connectivity index is 2.75. The van der Waals surface area contributed by atoms with Gasteiger partial charge < -0.3 is 0 Å². The fraction of sp³-hybridized carbons (Fsp3) is 0.667. The Kier molecular flexibility index (Phi) is 4.14. The van der Waals surface area contributed by atoms with Crippen LogP contribution in [0, 0.1) is 5.92 Å². The predicted molar refractivity (Wildman–Crippen MR) is 66.3 cm³/mol. The van der Waals surface area contributed by atoms with Crippen LogP contribution in [0.3, 0.4) is 0 Å². The van der Waals surface area contributed by atoms with Gasteiger partial charge >= 0.3 is 0 Å². The Bertz CT molecular complexity index is 316. The van der Waals surface area contributed by atoms with E-state index in [-0.39, 0.29) is 5.41 Å². The first-order valence-electron chi connectivity index (χ1n) is 5.35. The zero-order valence-corrected chi connectivity index (χ0v) is 11.1. The van der Waals surface area contributed by atoms with Crippen molar-refractivity contribution >= 4 is 11.8 Å². The summed E-state index contributed by atoms with van der Waals surface area (Å²) in [5, 5.41) is 1.09. The second kappa shape index (κ2) is 4.97. The van der Waals surface area contributed by atoms with Crippen LogP contribution in [0.25, 0.3) is 0 Å². The minimum Gasteiger partial charge on any atom is -0.241 e. The Morgan fingerprint density at radius 1 is 1.27 bits per heavy atom. The molecule has 0 saturated carbocycles. The van der Waals surface area contributed by atoms with Crippen molar-refractivity contribution in [2.45, 2.75) is 45.1 Å². The zero-order chi connectivity index (χ0) is 11.5. The molecule has 0 unspecified atom stereocenters. The normalized spacial score (nSPS) is 12.1. The molecule has 84 valence electrons. The van der Waals surface area contributed by atoms with Crippen molar-refractivity contribution in [1.29, 1.82) is 0 Å². The van der Waals surface area contributed by atoms with Crippen molar-refractivity contribution < 1.29 is 0 Å². The minimum absolute atomic E-state index is 0.107. The summed E-state index contributed by atoms with van der Waals surface area (Å²) in [5.74, 6) is 1.81. The van der Waals surface area contributed by atoms with Gasteiger partial charge in [-0.2, -0.15) is 0 Å². The third kappa shape index (κ3) is 4.20. The summed E-state index contributed by atoms with van der Waals surface area (Å²) in [6.07, 6.45) is 1.67. The summed E-state index contributed by atoms with van der Waals surface area (Å²) in [6, 6.07) is 2.10. The molecule has 1 rings (SSSR count). The van der Waals surface area contributed by atoms with E-state index in [1.165, 1.54) is 0 Å². The van der Waals surface area contributed by atoms with Gasteiger partial charge in [-0.25, -0.2) is 9.97 Å². The van der Waals surface area contributed by atoms with Crippen LogP contribution in [0.4, 0.5) is 0 Å². The maximum absolute atomic E-state index is 4.31. The second-order valence-electron chi connectivity index (χ2n) is 5.20. The molecule has 0 fully saturated rings. The molecule has 0 bridgehead atoms. The predicted octanol–water partition coefficient (Wildman–Crippen LogP) is 3.52. The first kappa shape index (κ1) is 12.5. The molecule has 1 aromatic rings. The summed E-state index contributed by atoms with van der Waals surface area (Å²) < 4.78 is 0. The number of hydrogen-bond donors (Lipinski definition) is 0. The molecule has 0 aliphatic heterocycles. The molecular weight excluding hydrogens is 204 g/mol. The van der Waals surface area contributed by atoms with Gasteiger partial charge in [-0.1, -0.05) is 34.6 Å². The molecule has 1 aromatic heterocycles. The van der Waals surface area contributed by atoms with E-state index in [9.17, 15) is 0 Å². The van der Waals surface area contributed by atoms with Gasteiger partial charge in [0, 0.05) is 11.2 Å². The van der Waals surface area contributed by atoms with Crippen molar-refractivity contribution in [3.05, 3.63) is 18.1 Å². The third-order valence-electron chi connectivity index (χ3n) is 1.97. The monoisotopic (exact) mass is 224 g/mol. The van der Waals surface area contributed by atoms with Crippen LogP contribution in [0.1, 0.15) is 40.3 Å². The van der Waals surface area contributed by atoms with Crippen LogP contribution in [0.2, 0.25) is 0 Å². The summed E-state index contributed by atoms with van der Waals surface area (Å²) in [4.78, 5) is 8.59. The summed E-state index contributed by atoms with van der Waals surface area (Å²) in [5.41, 5.74) is 1.22. The van der Waals surface area contributed by atoms with Crippen LogP contribution in [-0.2, 0) is 5.41 Å². The van der Waals surface area contributed by atoms with E-state index in [0.717, 1.165) is 16.5 Å². The smallest absolute Gasteiger partial charge is 0.116 e. The number of aromatic nitrogens is 2. The summed E-state index contributed by atoms with van der Waals surface area (Å²) >= 11 is 1.81. The molecule has 0 radical (unpaired) electrons. The maximum Gasteiger partial charge on any atom is 0.116 e. The van der Waals surface area contributed by atoms with Crippen LogP contribution in [0.5, 0.6) is 0 Å². The van der Waals surface area contributed by atoms with E-state index in [2.05, 4.69) is 50.7 Å². The number of hydrogen-bond acceptors (Lipinski definition) is 3. The maximum atomic E-state index is 4.31. The average molecular weight is 224 g/mol. The fourth-order valence-corrected chi connectivity index (χ4v) is 1.90. The van der Waals surface area contributed by atoms with Crippen LogP contribution in [0.15, 0.2) is 17.4 Å². The number of rotatable bonds is 3. The van der Waals surface area contributed by atoms with E-state index >= 15 is 0 Å². The van der Waals surface area contributed by atoms with Gasteiger partial charge in [-0.15, -0.1) is 11.8 Å². The van der Waals surface area contributed by atoms with E-state index in [1.54, 1.807) is 6.33 Å². The molecule has 0 atom stereocenters. The van der Waals surface area contributed by atoms with Crippen molar-refractivity contribution in [1.82, 2.24) is 9.97 Å².